The molecule has 6 rings (SSSR count). The van der Waals surface area contributed by atoms with Gasteiger partial charge in [-0.2, -0.15) is 0 Å². The molecule has 43 heavy (non-hydrogen) atoms. The molecule has 0 bridgehead atoms. The van der Waals surface area contributed by atoms with E-state index in [9.17, 15) is 34.2 Å². The van der Waals surface area contributed by atoms with Crippen molar-refractivity contribution in [1.82, 2.24) is 4.90 Å². The molecule has 0 aromatic heterocycles. The fourth-order valence-electron chi connectivity index (χ4n) is 7.80. The maximum atomic E-state index is 14.5. The summed E-state index contributed by atoms with van der Waals surface area (Å²) in [5.74, 6) is -6.39. The number of phenols is 1. The summed E-state index contributed by atoms with van der Waals surface area (Å²) in [5.41, 5.74) is 0.0206. The largest absolute Gasteiger partial charge is 0.507 e. The lowest BCUT2D eigenvalue weighted by atomic mass is 9.51. The summed E-state index contributed by atoms with van der Waals surface area (Å²) in [7, 11) is 2.88. The summed E-state index contributed by atoms with van der Waals surface area (Å²) in [6.45, 7) is 1.48. The van der Waals surface area contributed by atoms with Crippen LogP contribution in [-0.4, -0.2) is 65.5 Å². The maximum absolute atomic E-state index is 14.5. The highest BCUT2D eigenvalue weighted by atomic mass is 16.5. The Balaban J connectivity index is 1.53. The van der Waals surface area contributed by atoms with Gasteiger partial charge in [0, 0.05) is 30.2 Å². The van der Waals surface area contributed by atoms with Gasteiger partial charge in [0.2, 0.25) is 23.6 Å². The van der Waals surface area contributed by atoms with Crippen LogP contribution in [0, 0.1) is 29.1 Å². The van der Waals surface area contributed by atoms with Crippen molar-refractivity contribution >= 4 is 35.3 Å². The number of benzene rings is 2. The van der Waals surface area contributed by atoms with Gasteiger partial charge in [-0.25, -0.2) is 4.90 Å². The fourth-order valence-corrected chi connectivity index (χ4v) is 7.80. The number of hydrogen-bond acceptors (Lipinski definition) is 8. The van der Waals surface area contributed by atoms with Crippen LogP contribution in [0.15, 0.2) is 54.1 Å². The van der Waals surface area contributed by atoms with Gasteiger partial charge in [0.05, 0.1) is 49.5 Å². The molecule has 11 heteroatoms. The molecule has 6 atom stereocenters. The normalized spacial score (nSPS) is 29.7. The minimum absolute atomic E-state index is 0.138. The highest BCUT2D eigenvalue weighted by Crippen LogP contribution is 2.65. The first-order chi connectivity index (χ1) is 20.5. The smallest absolute Gasteiger partial charge is 0.305 e. The SMILES string of the molecule is COc1cc(O)c(C2C3=CCC4C(=O)N(CCC(=O)O)C(=O)C4C3CC3C(=O)N(c4ccccc4)C(=O)C32C)c(OC)c1. The Bertz CT molecular complexity index is 1580. The van der Waals surface area contributed by atoms with Crippen LogP contribution in [0.5, 0.6) is 17.2 Å². The quantitative estimate of drug-likeness (QED) is 0.367. The van der Waals surface area contributed by atoms with Crippen LogP contribution < -0.4 is 14.4 Å². The number of nitrogens with zero attached hydrogens (tertiary/aromatic N) is 2. The van der Waals surface area contributed by atoms with E-state index in [1.807, 2.05) is 6.08 Å². The average molecular weight is 589 g/mol. The third-order valence-corrected chi connectivity index (χ3v) is 9.77. The van der Waals surface area contributed by atoms with Crippen molar-refractivity contribution in [3.05, 3.63) is 59.7 Å². The van der Waals surface area contributed by atoms with Gasteiger partial charge < -0.3 is 19.7 Å². The minimum atomic E-state index is -1.36. The van der Waals surface area contributed by atoms with Gasteiger partial charge in [-0.3, -0.25) is 28.9 Å². The van der Waals surface area contributed by atoms with E-state index in [4.69, 9.17) is 9.47 Å². The first kappa shape index (κ1) is 28.4. The van der Waals surface area contributed by atoms with E-state index >= 15 is 0 Å². The highest BCUT2D eigenvalue weighted by molar-refractivity contribution is 6.24. The minimum Gasteiger partial charge on any atom is -0.507 e. The van der Waals surface area contributed by atoms with E-state index in [0.29, 0.717) is 22.6 Å². The molecule has 3 fully saturated rings. The number of fused-ring (bicyclic) bond motifs is 4. The number of aromatic hydroxyl groups is 1. The third kappa shape index (κ3) is 4.04. The van der Waals surface area contributed by atoms with Gasteiger partial charge in [0.15, 0.2) is 0 Å². The number of allylic oxidation sites excluding steroid dienone is 2. The molecular weight excluding hydrogens is 556 g/mol. The topological polar surface area (TPSA) is 151 Å². The summed E-state index contributed by atoms with van der Waals surface area (Å²) < 4.78 is 11.0. The molecule has 2 aromatic rings. The number of carboxylic acids is 1. The summed E-state index contributed by atoms with van der Waals surface area (Å²) in [5, 5.41) is 20.6. The molecule has 2 N–H and O–H groups in total. The lowest BCUT2D eigenvalue weighted by Crippen LogP contribution is -2.49. The van der Waals surface area contributed by atoms with Crippen LogP contribution >= 0.6 is 0 Å². The number of likely N-dealkylation sites (tertiary alicyclic amines) is 1. The average Bonchev–Trinajstić information content (AvgIpc) is 3.35. The number of methoxy groups -OCH3 is 2. The summed E-state index contributed by atoms with van der Waals surface area (Å²) in [6, 6.07) is 11.6. The van der Waals surface area contributed by atoms with Crippen molar-refractivity contribution in [1.29, 1.82) is 0 Å². The van der Waals surface area contributed by atoms with Gasteiger partial charge >= 0.3 is 5.97 Å². The van der Waals surface area contributed by atoms with Gasteiger partial charge in [-0.1, -0.05) is 29.8 Å². The highest BCUT2D eigenvalue weighted by Gasteiger charge is 2.68. The molecular formula is C32H32N2O9. The summed E-state index contributed by atoms with van der Waals surface area (Å²) >= 11 is 0. The second kappa shape index (κ2) is 10.3. The Kier molecular flexibility index (Phi) is 6.78. The predicted octanol–water partition coefficient (Wildman–Crippen LogP) is 3.11. The second-order valence-corrected chi connectivity index (χ2v) is 11.7. The Morgan fingerprint density at radius 3 is 2.37 bits per heavy atom. The lowest BCUT2D eigenvalue weighted by molar-refractivity contribution is -0.142. The number of carbonyl (C=O) groups excluding carboxylic acids is 4. The van der Waals surface area contributed by atoms with Crippen molar-refractivity contribution in [2.75, 3.05) is 25.7 Å². The number of phenolic OH excluding ortho intramolecular Hbond substituents is 1. The Morgan fingerprint density at radius 1 is 1.00 bits per heavy atom. The van der Waals surface area contributed by atoms with E-state index in [0.717, 1.165) is 4.90 Å². The molecule has 4 aliphatic rings. The number of ether oxygens (including phenoxy) is 2. The first-order valence-electron chi connectivity index (χ1n) is 14.2. The molecule has 4 amide bonds. The zero-order valence-corrected chi connectivity index (χ0v) is 24.0. The van der Waals surface area contributed by atoms with E-state index in [1.165, 1.54) is 25.2 Å². The van der Waals surface area contributed by atoms with Gasteiger partial charge in [0.1, 0.15) is 17.2 Å². The van der Waals surface area contributed by atoms with Crippen LogP contribution in [0.3, 0.4) is 0 Å². The number of anilines is 1. The summed E-state index contributed by atoms with van der Waals surface area (Å²) in [6.07, 6.45) is 1.82. The van der Waals surface area contributed by atoms with Crippen LogP contribution in [-0.2, 0) is 24.0 Å². The monoisotopic (exact) mass is 588 g/mol. The zero-order valence-electron chi connectivity index (χ0n) is 24.0. The van der Waals surface area contributed by atoms with Crippen molar-refractivity contribution in [3.63, 3.8) is 0 Å². The number of carbonyl (C=O) groups is 5. The van der Waals surface area contributed by atoms with Crippen molar-refractivity contribution in [2.45, 2.75) is 32.1 Å². The van der Waals surface area contributed by atoms with Crippen LogP contribution in [0.2, 0.25) is 0 Å². The molecule has 6 unspecified atom stereocenters. The lowest BCUT2D eigenvalue weighted by Gasteiger charge is -2.49. The standard InChI is InChI=1S/C32H32N2O9/c1-32-21(29(39)34(31(32)41)16-7-5-4-6-8-16)15-20-18(27(32)26-22(35)13-17(42-2)14-23(26)43-3)9-10-19-25(20)30(40)33(28(19)38)12-11-24(36)37/h4-9,13-14,19-21,25,27,35H,10-12,15H2,1-3H3,(H,36,37). The molecule has 11 nitrogen and oxygen atoms in total. The number of imide groups is 2. The Labute approximate surface area is 247 Å². The Morgan fingerprint density at radius 2 is 1.72 bits per heavy atom. The number of amides is 4. The number of para-hydroxylation sites is 1. The molecule has 1 saturated carbocycles. The van der Waals surface area contributed by atoms with E-state index in [1.54, 1.807) is 43.3 Å². The molecule has 0 radical (unpaired) electrons. The third-order valence-electron chi connectivity index (χ3n) is 9.77. The number of aliphatic carboxylic acids is 1. The number of carboxylic acid groups (broad SMARTS) is 1. The van der Waals surface area contributed by atoms with E-state index in [2.05, 4.69) is 0 Å². The molecule has 2 aromatic carbocycles. The molecule has 224 valence electrons. The van der Waals surface area contributed by atoms with Crippen molar-refractivity contribution in [2.24, 2.45) is 29.1 Å². The zero-order chi connectivity index (χ0) is 30.8. The van der Waals surface area contributed by atoms with E-state index < -0.39 is 64.6 Å². The summed E-state index contributed by atoms with van der Waals surface area (Å²) in [4.78, 5) is 69.2. The maximum Gasteiger partial charge on any atom is 0.305 e. The second-order valence-electron chi connectivity index (χ2n) is 11.7. The van der Waals surface area contributed by atoms with Crippen LogP contribution in [0.1, 0.15) is 37.7 Å². The fraction of sp³-hybridized carbons (Fsp3) is 0.406. The Hall–Kier alpha value is -4.67. The van der Waals surface area contributed by atoms with Gasteiger partial charge in [-0.05, 0) is 37.8 Å². The molecule has 2 heterocycles. The predicted molar refractivity (Wildman–Crippen MR) is 151 cm³/mol. The van der Waals surface area contributed by atoms with E-state index in [-0.39, 0.29) is 37.3 Å². The van der Waals surface area contributed by atoms with Gasteiger partial charge in [0.25, 0.3) is 0 Å². The van der Waals surface area contributed by atoms with Gasteiger partial charge in [-0.15, -0.1) is 0 Å². The van der Waals surface area contributed by atoms with Crippen LogP contribution in [0.25, 0.3) is 0 Å². The van der Waals surface area contributed by atoms with Crippen molar-refractivity contribution in [3.8, 4) is 17.2 Å². The first-order valence-corrected chi connectivity index (χ1v) is 14.2. The molecule has 2 aliphatic carbocycles. The molecule has 2 saturated heterocycles. The van der Waals surface area contributed by atoms with Crippen molar-refractivity contribution < 1.29 is 43.7 Å². The van der Waals surface area contributed by atoms with Crippen LogP contribution in [0.4, 0.5) is 5.69 Å². The molecule has 2 aliphatic heterocycles. The molecule has 0 spiro atoms. The number of rotatable bonds is 7. The number of hydrogen-bond donors (Lipinski definition) is 2.